The quantitative estimate of drug-likeness (QED) is 0.0212. The number of quaternary nitrogens is 1. The Morgan fingerprint density at radius 2 is 0.685 bits per heavy atom. The van der Waals surface area contributed by atoms with E-state index in [1.165, 1.54) is 276 Å². The zero-order valence-electron chi connectivity index (χ0n) is 59.9. The Bertz CT molecular complexity index is 1700. The molecule has 0 aliphatic carbocycles. The third-order valence-electron chi connectivity index (χ3n) is 17.4. The van der Waals surface area contributed by atoms with Gasteiger partial charge in [0.05, 0.1) is 33.8 Å². The van der Waals surface area contributed by atoms with Crippen molar-refractivity contribution in [3.05, 3.63) is 60.8 Å². The molecule has 89 heavy (non-hydrogen) atoms. The second kappa shape index (κ2) is 68.6. The van der Waals surface area contributed by atoms with Gasteiger partial charge in [-0.1, -0.05) is 332 Å². The van der Waals surface area contributed by atoms with Crippen molar-refractivity contribution in [1.29, 1.82) is 0 Å². The molecule has 10 heteroatoms. The van der Waals surface area contributed by atoms with E-state index in [9.17, 15) is 19.0 Å². The SMILES string of the molecule is CCCCC/C=C\C/C=C\CCCCCCCCCCCCCCCCCCCC(=O)OC(/C=C/CCCCCCCCCCCCC)C(COP(=O)([O-])OCC[N+](C)(C)C)NC(=O)CCCCCCCCCCCCCCC/C=C\C/C=C\CCCCC. The number of esters is 1. The number of rotatable bonds is 71. The van der Waals surface area contributed by atoms with Crippen LogP contribution in [0.5, 0.6) is 0 Å². The number of ether oxygens (including phenoxy) is 1. The number of allylic oxidation sites excluding steroid dienone is 9. The van der Waals surface area contributed by atoms with E-state index in [1.54, 1.807) is 0 Å². The number of hydrogen-bond acceptors (Lipinski definition) is 7. The zero-order chi connectivity index (χ0) is 64.9. The standard InChI is InChI=1S/C79H149N2O7P/c1-7-10-13-16-19-22-25-28-30-32-34-36-38-39-40-41-43-45-47-49-51-54-57-60-63-66-69-72-79(83)88-77(70-67-64-61-58-55-52-27-24-21-18-15-12-9-3)76(75-87-89(84,85)86-74-73-81(4,5)6)80-78(82)71-68-65-62-59-56-53-50-48-46-44-42-37-35-33-31-29-26-23-20-17-14-11-8-2/h19-20,22-23,28-31,67,70,76-77H,7-18,21,24-27,32-66,68-69,71-75H2,1-6H3,(H-,80,82,84,85)/b22-19-,23-20-,30-28-,31-29-,70-67+. The lowest BCUT2D eigenvalue weighted by molar-refractivity contribution is -0.870. The van der Waals surface area contributed by atoms with Crippen LogP contribution in [0, 0.1) is 0 Å². The third kappa shape index (κ3) is 69.9. The van der Waals surface area contributed by atoms with Crippen LogP contribution in [0.3, 0.4) is 0 Å². The molecule has 9 nitrogen and oxygen atoms in total. The van der Waals surface area contributed by atoms with Gasteiger partial charge in [-0.3, -0.25) is 14.2 Å². The molecule has 0 aromatic heterocycles. The summed E-state index contributed by atoms with van der Waals surface area (Å²) in [6, 6.07) is -0.889. The maximum Gasteiger partial charge on any atom is 0.306 e. The molecule has 3 unspecified atom stereocenters. The van der Waals surface area contributed by atoms with Gasteiger partial charge in [0.25, 0.3) is 7.82 Å². The summed E-state index contributed by atoms with van der Waals surface area (Å²) in [5, 5.41) is 3.06. The number of carbonyl (C=O) groups excluding carboxylic acids is 2. The highest BCUT2D eigenvalue weighted by Gasteiger charge is 2.27. The van der Waals surface area contributed by atoms with Gasteiger partial charge in [0.15, 0.2) is 0 Å². The van der Waals surface area contributed by atoms with Gasteiger partial charge in [0.1, 0.15) is 19.3 Å². The number of hydrogen-bond donors (Lipinski definition) is 1. The molecule has 522 valence electrons. The molecule has 1 amide bonds. The van der Waals surface area contributed by atoms with Crippen LogP contribution in [0.1, 0.15) is 380 Å². The van der Waals surface area contributed by atoms with E-state index >= 15 is 0 Å². The van der Waals surface area contributed by atoms with Crippen molar-refractivity contribution in [2.45, 2.75) is 392 Å². The molecule has 0 spiro atoms. The van der Waals surface area contributed by atoms with Crippen LogP contribution in [0.15, 0.2) is 60.8 Å². The first-order chi connectivity index (χ1) is 43.4. The van der Waals surface area contributed by atoms with Crippen molar-refractivity contribution in [3.8, 4) is 0 Å². The van der Waals surface area contributed by atoms with E-state index in [-0.39, 0.29) is 31.5 Å². The van der Waals surface area contributed by atoms with E-state index in [2.05, 4.69) is 74.7 Å². The Morgan fingerprint density at radius 1 is 0.393 bits per heavy atom. The molecule has 0 bridgehead atoms. The Hall–Kier alpha value is -2.29. The normalized spacial score (nSPS) is 13.7. The van der Waals surface area contributed by atoms with Crippen LogP contribution in [0.25, 0.3) is 0 Å². The number of nitrogens with one attached hydrogen (secondary N) is 1. The van der Waals surface area contributed by atoms with E-state index < -0.39 is 20.0 Å². The topological polar surface area (TPSA) is 114 Å². The monoisotopic (exact) mass is 1270 g/mol. The van der Waals surface area contributed by atoms with Crippen molar-refractivity contribution >= 4 is 19.7 Å². The fraction of sp³-hybridized carbons (Fsp3) is 0.848. The van der Waals surface area contributed by atoms with Crippen LogP contribution in [-0.4, -0.2) is 69.4 Å². The molecule has 0 rings (SSSR count). The summed E-state index contributed by atoms with van der Waals surface area (Å²) in [4.78, 5) is 40.3. The molecule has 0 heterocycles. The molecule has 1 N–H and O–H groups in total. The van der Waals surface area contributed by atoms with Crippen molar-refractivity contribution < 1.29 is 37.3 Å². The maximum atomic E-state index is 13.6. The van der Waals surface area contributed by atoms with Crippen molar-refractivity contribution in [1.82, 2.24) is 5.32 Å². The first-order valence-corrected chi connectivity index (χ1v) is 40.1. The summed E-state index contributed by atoms with van der Waals surface area (Å²) in [7, 11) is 1.20. The number of amides is 1. The Morgan fingerprint density at radius 3 is 1.03 bits per heavy atom. The average molecular weight is 1270 g/mol. The fourth-order valence-electron chi connectivity index (χ4n) is 11.5. The molecule has 0 saturated heterocycles. The number of phosphoric ester groups is 1. The zero-order valence-corrected chi connectivity index (χ0v) is 60.8. The maximum absolute atomic E-state index is 13.6. The van der Waals surface area contributed by atoms with Gasteiger partial charge in [-0.25, -0.2) is 0 Å². The smallest absolute Gasteiger partial charge is 0.306 e. The third-order valence-corrected chi connectivity index (χ3v) is 18.4. The minimum absolute atomic E-state index is 0.0212. The second-order valence-corrected chi connectivity index (χ2v) is 28.9. The minimum Gasteiger partial charge on any atom is -0.756 e. The number of carbonyl (C=O) groups is 2. The van der Waals surface area contributed by atoms with Crippen LogP contribution in [0.2, 0.25) is 0 Å². The lowest BCUT2D eigenvalue weighted by atomic mass is 10.0. The first kappa shape index (κ1) is 86.7. The van der Waals surface area contributed by atoms with Crippen LogP contribution >= 0.6 is 7.82 Å². The number of nitrogens with zero attached hydrogens (tertiary/aromatic N) is 1. The fourth-order valence-corrected chi connectivity index (χ4v) is 12.2. The van der Waals surface area contributed by atoms with Crippen LogP contribution in [0.4, 0.5) is 0 Å². The van der Waals surface area contributed by atoms with E-state index in [1.807, 2.05) is 33.3 Å². The summed E-state index contributed by atoms with van der Waals surface area (Å²) in [5.74, 6) is -0.523. The molecule has 0 saturated carbocycles. The van der Waals surface area contributed by atoms with Gasteiger partial charge in [-0.05, 0) is 96.0 Å². The highest BCUT2D eigenvalue weighted by atomic mass is 31.2. The van der Waals surface area contributed by atoms with Gasteiger partial charge in [-0.2, -0.15) is 0 Å². The highest BCUT2D eigenvalue weighted by Crippen LogP contribution is 2.38. The van der Waals surface area contributed by atoms with Gasteiger partial charge < -0.3 is 28.5 Å². The van der Waals surface area contributed by atoms with E-state index in [0.29, 0.717) is 17.4 Å². The summed E-state index contributed by atoms with van der Waals surface area (Å²) in [6.45, 7) is 6.86. The molecule has 0 radical (unpaired) electrons. The van der Waals surface area contributed by atoms with Crippen molar-refractivity contribution in [2.24, 2.45) is 0 Å². The predicted molar refractivity (Wildman–Crippen MR) is 385 cm³/mol. The number of unbranched alkanes of at least 4 members (excludes halogenated alkanes) is 47. The average Bonchev–Trinajstić information content (AvgIpc) is 3.63. The first-order valence-electron chi connectivity index (χ1n) is 38.6. The Labute approximate surface area is 553 Å². The van der Waals surface area contributed by atoms with E-state index in [4.69, 9.17) is 13.8 Å². The van der Waals surface area contributed by atoms with E-state index in [0.717, 1.165) is 70.6 Å². The second-order valence-electron chi connectivity index (χ2n) is 27.5. The lowest BCUT2D eigenvalue weighted by Crippen LogP contribution is -2.47. The largest absolute Gasteiger partial charge is 0.756 e. The molecule has 0 aliphatic rings. The molecular weight excluding hydrogens is 1120 g/mol. The number of phosphoric acid groups is 1. The molecular formula is C79H149N2O7P. The lowest BCUT2D eigenvalue weighted by Gasteiger charge is -2.30. The number of likely N-dealkylation sites (N-methyl/N-ethyl adjacent to an activating group) is 1. The molecule has 3 atom stereocenters. The van der Waals surface area contributed by atoms with Gasteiger partial charge in [0, 0.05) is 12.8 Å². The predicted octanol–water partition coefficient (Wildman–Crippen LogP) is 24.3. The summed E-state index contributed by atoms with van der Waals surface area (Å²) in [5.41, 5.74) is 0. The Kier molecular flexibility index (Phi) is 66.8. The minimum atomic E-state index is -4.71. The summed E-state index contributed by atoms with van der Waals surface area (Å²) >= 11 is 0. The molecule has 0 aromatic carbocycles. The van der Waals surface area contributed by atoms with Gasteiger partial charge >= 0.3 is 5.97 Å². The van der Waals surface area contributed by atoms with Crippen molar-refractivity contribution in [2.75, 3.05) is 40.9 Å². The Balaban J connectivity index is 4.97. The van der Waals surface area contributed by atoms with Crippen LogP contribution in [-0.2, 0) is 27.9 Å². The van der Waals surface area contributed by atoms with Gasteiger partial charge in [0.2, 0.25) is 5.91 Å². The highest BCUT2D eigenvalue weighted by molar-refractivity contribution is 7.45. The summed E-state index contributed by atoms with van der Waals surface area (Å²) in [6.07, 6.45) is 89.2. The van der Waals surface area contributed by atoms with Gasteiger partial charge in [-0.15, -0.1) is 0 Å². The summed E-state index contributed by atoms with van der Waals surface area (Å²) < 4.78 is 30.5. The molecule has 0 aromatic rings. The van der Waals surface area contributed by atoms with Crippen molar-refractivity contribution in [3.63, 3.8) is 0 Å². The molecule has 0 fully saturated rings. The van der Waals surface area contributed by atoms with Crippen LogP contribution < -0.4 is 10.2 Å². The molecule has 0 aliphatic heterocycles.